The number of nitrogens with zero attached hydrogens (tertiary/aromatic N) is 2. The van der Waals surface area contributed by atoms with Gasteiger partial charge in [-0.05, 0) is 39.0 Å². The summed E-state index contributed by atoms with van der Waals surface area (Å²) in [7, 11) is 0. The number of anilines is 3. The van der Waals surface area contributed by atoms with Gasteiger partial charge < -0.3 is 10.6 Å². The van der Waals surface area contributed by atoms with Crippen molar-refractivity contribution in [2.24, 2.45) is 0 Å². The van der Waals surface area contributed by atoms with E-state index in [0.29, 0.717) is 17.5 Å². The molecule has 0 saturated carbocycles. The largest absolute Gasteiger partial charge is 0.417 e. The molecule has 3 rings (SSSR count). The lowest BCUT2D eigenvalue weighted by Gasteiger charge is -2.21. The van der Waals surface area contributed by atoms with E-state index in [4.69, 9.17) is 0 Å². The molecule has 3 aromatic rings. The predicted octanol–water partition coefficient (Wildman–Crippen LogP) is 6.88. The van der Waals surface area contributed by atoms with Gasteiger partial charge in [-0.2, -0.15) is 18.2 Å². The lowest BCUT2D eigenvalue weighted by molar-refractivity contribution is -0.138. The molecule has 0 aliphatic carbocycles. The van der Waals surface area contributed by atoms with Crippen LogP contribution in [0.15, 0.2) is 59.1 Å². The van der Waals surface area contributed by atoms with Gasteiger partial charge in [-0.15, -0.1) is 0 Å². The van der Waals surface area contributed by atoms with Gasteiger partial charge in [-0.1, -0.05) is 46.3 Å². The molecule has 0 aliphatic rings. The third-order valence-electron chi connectivity index (χ3n) is 3.83. The fourth-order valence-electron chi connectivity index (χ4n) is 2.63. The van der Waals surface area contributed by atoms with Gasteiger partial charge in [0, 0.05) is 27.3 Å². The lowest BCUT2D eigenvalue weighted by atomic mass is 10.1. The standard InChI is InChI=1S/C21H20BrF3N4/c1-20(2,3)29-19-27-17(13-7-5-4-6-8-13)12-18(28-19)26-14-9-10-16(22)15(11-14)21(23,24)25/h4-12H,1-3H3,(H2,26,27,28,29). The van der Waals surface area contributed by atoms with Gasteiger partial charge in [0.1, 0.15) is 5.82 Å². The first kappa shape index (κ1) is 21.1. The fourth-order valence-corrected chi connectivity index (χ4v) is 3.10. The van der Waals surface area contributed by atoms with Crippen LogP contribution in [0.2, 0.25) is 0 Å². The Labute approximate surface area is 175 Å². The van der Waals surface area contributed by atoms with Crippen LogP contribution in [0, 0.1) is 0 Å². The van der Waals surface area contributed by atoms with E-state index >= 15 is 0 Å². The smallest absolute Gasteiger partial charge is 0.350 e. The second-order valence-corrected chi connectivity index (χ2v) is 8.37. The van der Waals surface area contributed by atoms with E-state index < -0.39 is 11.7 Å². The molecule has 0 fully saturated rings. The zero-order valence-electron chi connectivity index (χ0n) is 16.1. The molecule has 0 aliphatic heterocycles. The molecule has 0 bridgehead atoms. The Bertz CT molecular complexity index is 999. The molecule has 0 saturated heterocycles. The van der Waals surface area contributed by atoms with Gasteiger partial charge in [0.2, 0.25) is 5.95 Å². The van der Waals surface area contributed by atoms with E-state index in [1.54, 1.807) is 12.1 Å². The highest BCUT2D eigenvalue weighted by Crippen LogP contribution is 2.37. The molecule has 0 unspecified atom stereocenters. The molecule has 0 radical (unpaired) electrons. The van der Waals surface area contributed by atoms with Crippen LogP contribution in [0.4, 0.5) is 30.6 Å². The molecule has 2 aromatic carbocycles. The molecule has 152 valence electrons. The van der Waals surface area contributed by atoms with Crippen molar-refractivity contribution in [3.05, 3.63) is 64.6 Å². The number of hydrogen-bond donors (Lipinski definition) is 2. The Morgan fingerprint density at radius 2 is 1.59 bits per heavy atom. The van der Waals surface area contributed by atoms with Gasteiger partial charge in [-0.25, -0.2) is 4.98 Å². The van der Waals surface area contributed by atoms with Crippen molar-refractivity contribution in [3.63, 3.8) is 0 Å². The minimum atomic E-state index is -4.46. The maximum atomic E-state index is 13.2. The van der Waals surface area contributed by atoms with Crippen molar-refractivity contribution >= 4 is 33.4 Å². The minimum Gasteiger partial charge on any atom is -0.350 e. The Kier molecular flexibility index (Phi) is 5.84. The van der Waals surface area contributed by atoms with Crippen molar-refractivity contribution < 1.29 is 13.2 Å². The summed E-state index contributed by atoms with van der Waals surface area (Å²) in [5, 5.41) is 6.18. The van der Waals surface area contributed by atoms with Crippen LogP contribution in [0.5, 0.6) is 0 Å². The summed E-state index contributed by atoms with van der Waals surface area (Å²) in [6.45, 7) is 5.93. The summed E-state index contributed by atoms with van der Waals surface area (Å²) in [6, 6.07) is 15.2. The normalized spacial score (nSPS) is 12.0. The minimum absolute atomic E-state index is 0.0155. The first-order valence-corrected chi connectivity index (χ1v) is 9.67. The van der Waals surface area contributed by atoms with Crippen LogP contribution in [-0.4, -0.2) is 15.5 Å². The summed E-state index contributed by atoms with van der Waals surface area (Å²) in [5.74, 6) is 0.774. The monoisotopic (exact) mass is 464 g/mol. The molecule has 2 N–H and O–H groups in total. The van der Waals surface area contributed by atoms with Crippen LogP contribution >= 0.6 is 15.9 Å². The van der Waals surface area contributed by atoms with Gasteiger partial charge in [0.05, 0.1) is 11.3 Å². The number of hydrogen-bond acceptors (Lipinski definition) is 4. The Hall–Kier alpha value is -2.61. The summed E-state index contributed by atoms with van der Waals surface area (Å²) in [5.41, 5.74) is 0.769. The SMILES string of the molecule is CC(C)(C)Nc1nc(Nc2ccc(Br)c(C(F)(F)F)c2)cc(-c2ccccc2)n1. The van der Waals surface area contributed by atoms with E-state index in [1.165, 1.54) is 6.07 Å². The maximum Gasteiger partial charge on any atom is 0.417 e. The molecule has 4 nitrogen and oxygen atoms in total. The number of aromatic nitrogens is 2. The molecule has 0 spiro atoms. The summed E-state index contributed by atoms with van der Waals surface area (Å²) in [6.07, 6.45) is -4.46. The van der Waals surface area contributed by atoms with Crippen molar-refractivity contribution in [1.82, 2.24) is 9.97 Å². The number of rotatable bonds is 4. The van der Waals surface area contributed by atoms with Crippen LogP contribution in [0.3, 0.4) is 0 Å². The highest BCUT2D eigenvalue weighted by Gasteiger charge is 2.33. The summed E-state index contributed by atoms with van der Waals surface area (Å²) >= 11 is 2.96. The first-order valence-electron chi connectivity index (χ1n) is 8.88. The van der Waals surface area contributed by atoms with Gasteiger partial charge in [-0.3, -0.25) is 0 Å². The molecule has 0 atom stereocenters. The van der Waals surface area contributed by atoms with Crippen LogP contribution in [0.25, 0.3) is 11.3 Å². The summed E-state index contributed by atoms with van der Waals surface area (Å²) < 4.78 is 39.6. The molecule has 1 aromatic heterocycles. The van der Waals surface area contributed by atoms with E-state index in [1.807, 2.05) is 51.1 Å². The number of nitrogens with one attached hydrogen (secondary N) is 2. The van der Waals surface area contributed by atoms with E-state index in [-0.39, 0.29) is 15.7 Å². The van der Waals surface area contributed by atoms with Crippen molar-refractivity contribution in [3.8, 4) is 11.3 Å². The van der Waals surface area contributed by atoms with Crippen LogP contribution in [0.1, 0.15) is 26.3 Å². The topological polar surface area (TPSA) is 49.8 Å². The summed E-state index contributed by atoms with van der Waals surface area (Å²) in [4.78, 5) is 8.98. The maximum absolute atomic E-state index is 13.2. The molecule has 0 amide bonds. The molecule has 8 heteroatoms. The van der Waals surface area contributed by atoms with E-state index in [0.717, 1.165) is 11.6 Å². The molecule has 29 heavy (non-hydrogen) atoms. The van der Waals surface area contributed by atoms with Gasteiger partial charge in [0.15, 0.2) is 0 Å². The van der Waals surface area contributed by atoms with Crippen LogP contribution in [-0.2, 0) is 6.18 Å². The van der Waals surface area contributed by atoms with Crippen molar-refractivity contribution in [1.29, 1.82) is 0 Å². The van der Waals surface area contributed by atoms with E-state index in [9.17, 15) is 13.2 Å². The lowest BCUT2D eigenvalue weighted by Crippen LogP contribution is -2.27. The van der Waals surface area contributed by atoms with E-state index in [2.05, 4.69) is 36.5 Å². The average molecular weight is 465 g/mol. The molecular weight excluding hydrogens is 445 g/mol. The quantitative estimate of drug-likeness (QED) is 0.441. The first-order chi connectivity index (χ1) is 13.5. The van der Waals surface area contributed by atoms with Crippen molar-refractivity contribution in [2.75, 3.05) is 10.6 Å². The van der Waals surface area contributed by atoms with Gasteiger partial charge in [0.25, 0.3) is 0 Å². The number of alkyl halides is 3. The Balaban J connectivity index is 2.01. The van der Waals surface area contributed by atoms with Crippen molar-refractivity contribution in [2.45, 2.75) is 32.5 Å². The zero-order valence-corrected chi connectivity index (χ0v) is 17.7. The van der Waals surface area contributed by atoms with Crippen LogP contribution < -0.4 is 10.6 Å². The van der Waals surface area contributed by atoms with Gasteiger partial charge >= 0.3 is 6.18 Å². The Morgan fingerprint density at radius 3 is 2.21 bits per heavy atom. The fraction of sp³-hybridized carbons (Fsp3) is 0.238. The number of halogens is 4. The zero-order chi connectivity index (χ0) is 21.2. The average Bonchev–Trinajstić information content (AvgIpc) is 2.61. The molecular formula is C21H20BrF3N4. The second kappa shape index (κ2) is 8.02. The second-order valence-electron chi connectivity index (χ2n) is 7.52. The third kappa shape index (κ3) is 5.69. The molecule has 1 heterocycles. The highest BCUT2D eigenvalue weighted by atomic mass is 79.9. The predicted molar refractivity (Wildman–Crippen MR) is 113 cm³/mol. The highest BCUT2D eigenvalue weighted by molar-refractivity contribution is 9.10. The number of benzene rings is 2. The Morgan fingerprint density at radius 1 is 0.897 bits per heavy atom. The third-order valence-corrected chi connectivity index (χ3v) is 4.52.